The summed E-state index contributed by atoms with van der Waals surface area (Å²) in [5, 5.41) is 2.22. The van der Waals surface area contributed by atoms with Crippen molar-refractivity contribution in [2.45, 2.75) is 12.7 Å². The maximum absolute atomic E-state index is 11.7. The molecule has 1 heterocycles. The molecule has 1 aromatic heterocycles. The quantitative estimate of drug-likeness (QED) is 0.901. The van der Waals surface area contributed by atoms with Crippen LogP contribution in [0.5, 0.6) is 0 Å². The Balaban J connectivity index is 2.32. The minimum absolute atomic E-state index is 0.0626. The number of rotatable bonds is 3. The molecule has 0 atom stereocenters. The molecule has 6 heteroatoms. The molecule has 1 N–H and O–H groups in total. The van der Waals surface area contributed by atoms with Crippen LogP contribution in [-0.2, 0) is 6.54 Å². The highest BCUT2D eigenvalue weighted by atomic mass is 79.9. The molecule has 0 aliphatic carbocycles. The lowest BCUT2D eigenvalue weighted by atomic mass is 10.4. The van der Waals surface area contributed by atoms with E-state index in [0.29, 0.717) is 10.2 Å². The van der Waals surface area contributed by atoms with E-state index in [0.717, 1.165) is 0 Å². The first-order valence-corrected chi connectivity index (χ1v) is 4.27. The van der Waals surface area contributed by atoms with Gasteiger partial charge in [0.25, 0.3) is 0 Å². The molecule has 13 heavy (non-hydrogen) atoms. The van der Waals surface area contributed by atoms with Crippen molar-refractivity contribution >= 4 is 15.9 Å². The van der Waals surface area contributed by atoms with Gasteiger partial charge in [0.2, 0.25) is 0 Å². The third kappa shape index (κ3) is 3.82. The second-order valence-electron chi connectivity index (χ2n) is 2.41. The zero-order valence-electron chi connectivity index (χ0n) is 6.49. The van der Waals surface area contributed by atoms with Crippen molar-refractivity contribution in [2.75, 3.05) is 6.54 Å². The van der Waals surface area contributed by atoms with Gasteiger partial charge in [0.1, 0.15) is 5.76 Å². The minimum atomic E-state index is -4.18. The van der Waals surface area contributed by atoms with E-state index in [-0.39, 0.29) is 6.54 Å². The van der Waals surface area contributed by atoms with E-state index in [1.165, 1.54) is 6.26 Å². The van der Waals surface area contributed by atoms with Crippen molar-refractivity contribution in [1.29, 1.82) is 0 Å². The topological polar surface area (TPSA) is 25.2 Å². The van der Waals surface area contributed by atoms with E-state index in [2.05, 4.69) is 21.2 Å². The van der Waals surface area contributed by atoms with E-state index in [9.17, 15) is 13.2 Å². The third-order valence-corrected chi connectivity index (χ3v) is 2.01. The Morgan fingerprint density at radius 2 is 2.15 bits per heavy atom. The third-order valence-electron chi connectivity index (χ3n) is 1.30. The van der Waals surface area contributed by atoms with Crippen LogP contribution in [0.25, 0.3) is 0 Å². The second kappa shape index (κ2) is 4.15. The zero-order chi connectivity index (χ0) is 9.90. The fraction of sp³-hybridized carbons (Fsp3) is 0.429. The molecule has 0 aromatic carbocycles. The van der Waals surface area contributed by atoms with Gasteiger partial charge in [0.05, 0.1) is 23.8 Å². The zero-order valence-corrected chi connectivity index (χ0v) is 8.08. The summed E-state index contributed by atoms with van der Waals surface area (Å²) < 4.78 is 40.6. The molecule has 0 saturated carbocycles. The Morgan fingerprint density at radius 3 is 2.62 bits per heavy atom. The Kier molecular flexibility index (Phi) is 3.38. The fourth-order valence-electron chi connectivity index (χ4n) is 0.769. The molecule has 2 nitrogen and oxygen atoms in total. The van der Waals surface area contributed by atoms with Gasteiger partial charge in [-0.05, 0) is 22.0 Å². The lowest BCUT2D eigenvalue weighted by molar-refractivity contribution is -0.125. The average Bonchev–Trinajstić information content (AvgIpc) is 2.34. The molecule has 0 fully saturated rings. The molecule has 0 aliphatic heterocycles. The molecule has 0 radical (unpaired) electrons. The number of hydrogen-bond acceptors (Lipinski definition) is 2. The van der Waals surface area contributed by atoms with Gasteiger partial charge in [-0.25, -0.2) is 0 Å². The fourth-order valence-corrected chi connectivity index (χ4v) is 1.11. The first-order chi connectivity index (χ1) is 5.99. The van der Waals surface area contributed by atoms with Crippen molar-refractivity contribution in [3.63, 3.8) is 0 Å². The first kappa shape index (κ1) is 10.6. The largest absolute Gasteiger partial charge is 0.467 e. The van der Waals surface area contributed by atoms with E-state index in [1.807, 2.05) is 0 Å². The van der Waals surface area contributed by atoms with E-state index < -0.39 is 12.7 Å². The lowest BCUT2D eigenvalue weighted by Gasteiger charge is -2.06. The molecular formula is C7H7BrF3NO. The van der Waals surface area contributed by atoms with Gasteiger partial charge in [-0.3, -0.25) is 0 Å². The normalized spacial score (nSPS) is 12.0. The molecule has 74 valence electrons. The van der Waals surface area contributed by atoms with Gasteiger partial charge in [-0.2, -0.15) is 13.2 Å². The summed E-state index contributed by atoms with van der Waals surface area (Å²) in [4.78, 5) is 0. The Morgan fingerprint density at radius 1 is 1.46 bits per heavy atom. The maximum atomic E-state index is 11.7. The summed E-state index contributed by atoms with van der Waals surface area (Å²) >= 11 is 3.13. The molecule has 0 spiro atoms. The van der Waals surface area contributed by atoms with E-state index in [1.54, 1.807) is 6.07 Å². The summed E-state index contributed by atoms with van der Waals surface area (Å²) in [7, 11) is 0. The lowest BCUT2D eigenvalue weighted by Crippen LogP contribution is -2.28. The van der Waals surface area contributed by atoms with Crippen LogP contribution in [0.1, 0.15) is 5.76 Å². The van der Waals surface area contributed by atoms with Crippen molar-refractivity contribution in [3.05, 3.63) is 22.6 Å². The summed E-state index contributed by atoms with van der Waals surface area (Å²) in [5.74, 6) is 0.462. The molecule has 0 bridgehead atoms. The van der Waals surface area contributed by atoms with Crippen LogP contribution in [0.15, 0.2) is 21.2 Å². The number of hydrogen-bond donors (Lipinski definition) is 1. The summed E-state index contributed by atoms with van der Waals surface area (Å²) in [5.41, 5.74) is 0. The number of halogens is 4. The monoisotopic (exact) mass is 257 g/mol. The first-order valence-electron chi connectivity index (χ1n) is 3.48. The Bertz CT molecular complexity index is 271. The van der Waals surface area contributed by atoms with Crippen LogP contribution in [0.4, 0.5) is 13.2 Å². The van der Waals surface area contributed by atoms with Crippen molar-refractivity contribution < 1.29 is 17.6 Å². The Hall–Kier alpha value is -0.490. The SMILES string of the molecule is FC(F)(F)CNCc1occc1Br. The maximum Gasteiger partial charge on any atom is 0.401 e. The van der Waals surface area contributed by atoms with Gasteiger partial charge in [0, 0.05) is 0 Å². The summed E-state index contributed by atoms with van der Waals surface area (Å²) in [6, 6.07) is 1.63. The highest BCUT2D eigenvalue weighted by Crippen LogP contribution is 2.18. The van der Waals surface area contributed by atoms with Crippen LogP contribution < -0.4 is 5.32 Å². The van der Waals surface area contributed by atoms with E-state index in [4.69, 9.17) is 4.42 Å². The standard InChI is InChI=1S/C7H7BrF3NO/c8-5-1-2-13-6(5)3-12-4-7(9,10)11/h1-2,12H,3-4H2. The summed E-state index contributed by atoms with van der Waals surface area (Å²) in [6.45, 7) is -0.951. The molecule has 0 unspecified atom stereocenters. The van der Waals surface area contributed by atoms with Crippen LogP contribution >= 0.6 is 15.9 Å². The van der Waals surface area contributed by atoms with Gasteiger partial charge in [0.15, 0.2) is 0 Å². The van der Waals surface area contributed by atoms with Crippen molar-refractivity contribution in [3.8, 4) is 0 Å². The molecule has 1 rings (SSSR count). The smallest absolute Gasteiger partial charge is 0.401 e. The number of furan rings is 1. The number of alkyl halides is 3. The molecule has 0 aliphatic rings. The van der Waals surface area contributed by atoms with Crippen LogP contribution in [0.3, 0.4) is 0 Å². The highest BCUT2D eigenvalue weighted by molar-refractivity contribution is 9.10. The Labute approximate surface area is 81.2 Å². The summed E-state index contributed by atoms with van der Waals surface area (Å²) in [6.07, 6.45) is -2.77. The average molecular weight is 258 g/mol. The molecular weight excluding hydrogens is 251 g/mol. The molecule has 0 amide bonds. The molecule has 1 aromatic rings. The van der Waals surface area contributed by atoms with Crippen molar-refractivity contribution in [1.82, 2.24) is 5.32 Å². The van der Waals surface area contributed by atoms with Crippen LogP contribution in [-0.4, -0.2) is 12.7 Å². The second-order valence-corrected chi connectivity index (χ2v) is 3.26. The van der Waals surface area contributed by atoms with Crippen LogP contribution in [0.2, 0.25) is 0 Å². The minimum Gasteiger partial charge on any atom is -0.467 e. The molecule has 0 saturated heterocycles. The van der Waals surface area contributed by atoms with Gasteiger partial charge < -0.3 is 9.73 Å². The van der Waals surface area contributed by atoms with Gasteiger partial charge in [-0.1, -0.05) is 0 Å². The predicted octanol–water partition coefficient (Wildman–Crippen LogP) is 2.69. The van der Waals surface area contributed by atoms with Gasteiger partial charge in [-0.15, -0.1) is 0 Å². The van der Waals surface area contributed by atoms with Crippen molar-refractivity contribution in [2.24, 2.45) is 0 Å². The van der Waals surface area contributed by atoms with E-state index >= 15 is 0 Å². The number of nitrogens with one attached hydrogen (secondary N) is 1. The highest BCUT2D eigenvalue weighted by Gasteiger charge is 2.26. The van der Waals surface area contributed by atoms with Gasteiger partial charge >= 0.3 is 6.18 Å². The predicted molar refractivity (Wildman–Crippen MR) is 44.2 cm³/mol. The van der Waals surface area contributed by atoms with Crippen LogP contribution in [0, 0.1) is 0 Å².